The highest BCUT2D eigenvalue weighted by Gasteiger charge is 2.30. The first-order chi connectivity index (χ1) is 11.5. The Labute approximate surface area is 160 Å². The van der Waals surface area contributed by atoms with Gasteiger partial charge in [-0.2, -0.15) is 0 Å². The molecule has 0 aliphatic carbocycles. The second kappa shape index (κ2) is 7.83. The van der Waals surface area contributed by atoms with Gasteiger partial charge >= 0.3 is 0 Å². The molecule has 2 nitrogen and oxygen atoms in total. The zero-order valence-corrected chi connectivity index (χ0v) is 15.7. The summed E-state index contributed by atoms with van der Waals surface area (Å²) in [6, 6.07) is 12.7. The highest BCUT2D eigenvalue weighted by atomic mass is 35.5. The van der Waals surface area contributed by atoms with E-state index >= 15 is 0 Å². The van der Waals surface area contributed by atoms with Crippen LogP contribution in [0.1, 0.15) is 16.5 Å². The molecular weight excluding hydrogens is 385 g/mol. The van der Waals surface area contributed by atoms with Crippen molar-refractivity contribution >= 4 is 58.5 Å². The summed E-state index contributed by atoms with van der Waals surface area (Å²) >= 11 is 19.8. The van der Waals surface area contributed by atoms with Crippen LogP contribution >= 0.6 is 46.6 Å². The Morgan fingerprint density at radius 3 is 2.50 bits per heavy atom. The van der Waals surface area contributed by atoms with Crippen LogP contribution in [0.3, 0.4) is 0 Å². The number of rotatable bonds is 3. The van der Waals surface area contributed by atoms with Gasteiger partial charge in [0, 0.05) is 39.0 Å². The first-order valence-electron chi connectivity index (χ1n) is 7.35. The Morgan fingerprint density at radius 2 is 1.79 bits per heavy atom. The number of nitrogens with zero attached hydrogens (tertiary/aromatic N) is 1. The minimum Gasteiger partial charge on any atom is -0.322 e. The summed E-state index contributed by atoms with van der Waals surface area (Å²) in [6.07, 6.45) is 3.38. The van der Waals surface area contributed by atoms with Crippen molar-refractivity contribution in [2.24, 2.45) is 0 Å². The van der Waals surface area contributed by atoms with Gasteiger partial charge in [-0.1, -0.05) is 53.0 Å². The topological polar surface area (TPSA) is 20.3 Å². The standard InChI is InChI=1S/C18H14Cl3NOS/c19-13-4-1-12(2-5-13)3-8-17(23)22-9-10-24-18(22)15-7-6-14(20)11-16(15)21/h1-8,11,18H,9-10H2/b8-3+. The van der Waals surface area contributed by atoms with Crippen molar-refractivity contribution in [3.63, 3.8) is 0 Å². The van der Waals surface area contributed by atoms with Crippen molar-refractivity contribution in [3.05, 3.63) is 74.7 Å². The lowest BCUT2D eigenvalue weighted by molar-refractivity contribution is -0.126. The van der Waals surface area contributed by atoms with Crippen LogP contribution in [0.2, 0.25) is 15.1 Å². The maximum Gasteiger partial charge on any atom is 0.247 e. The molecule has 0 radical (unpaired) electrons. The first-order valence-corrected chi connectivity index (χ1v) is 9.53. The Morgan fingerprint density at radius 1 is 1.08 bits per heavy atom. The molecule has 24 heavy (non-hydrogen) atoms. The van der Waals surface area contributed by atoms with E-state index in [0.29, 0.717) is 21.6 Å². The van der Waals surface area contributed by atoms with Crippen LogP contribution in [-0.2, 0) is 4.79 Å². The molecular formula is C18H14Cl3NOS. The molecule has 1 heterocycles. The van der Waals surface area contributed by atoms with Crippen molar-refractivity contribution in [1.29, 1.82) is 0 Å². The van der Waals surface area contributed by atoms with E-state index < -0.39 is 0 Å². The predicted molar refractivity (Wildman–Crippen MR) is 104 cm³/mol. The minimum atomic E-state index is -0.0860. The average Bonchev–Trinajstić information content (AvgIpc) is 3.03. The summed E-state index contributed by atoms with van der Waals surface area (Å²) in [5.41, 5.74) is 1.84. The Kier molecular flexibility index (Phi) is 5.77. The van der Waals surface area contributed by atoms with E-state index in [1.54, 1.807) is 48.2 Å². The normalized spacial score (nSPS) is 17.6. The Hall–Kier alpha value is -1.13. The van der Waals surface area contributed by atoms with Gasteiger partial charge in [0.25, 0.3) is 0 Å². The molecule has 1 aliphatic rings. The fraction of sp³-hybridized carbons (Fsp3) is 0.167. The van der Waals surface area contributed by atoms with E-state index in [2.05, 4.69) is 0 Å². The molecule has 0 spiro atoms. The molecule has 1 aliphatic heterocycles. The number of hydrogen-bond donors (Lipinski definition) is 0. The summed E-state index contributed by atoms with van der Waals surface area (Å²) in [5, 5.41) is 1.76. The largest absolute Gasteiger partial charge is 0.322 e. The van der Waals surface area contributed by atoms with Crippen LogP contribution in [0.5, 0.6) is 0 Å². The molecule has 1 fully saturated rings. The Balaban J connectivity index is 1.77. The monoisotopic (exact) mass is 397 g/mol. The van der Waals surface area contributed by atoms with Gasteiger partial charge in [0.15, 0.2) is 0 Å². The van der Waals surface area contributed by atoms with Crippen LogP contribution in [0.4, 0.5) is 0 Å². The molecule has 1 saturated heterocycles. The molecule has 0 N–H and O–H groups in total. The van der Waals surface area contributed by atoms with Crippen molar-refractivity contribution in [3.8, 4) is 0 Å². The van der Waals surface area contributed by atoms with Gasteiger partial charge < -0.3 is 4.90 Å². The van der Waals surface area contributed by atoms with E-state index in [9.17, 15) is 4.79 Å². The third-order valence-corrected chi connectivity index (χ3v) is 5.75. The molecule has 3 rings (SSSR count). The van der Waals surface area contributed by atoms with Gasteiger partial charge in [-0.15, -0.1) is 11.8 Å². The fourth-order valence-electron chi connectivity index (χ4n) is 2.49. The summed E-state index contributed by atoms with van der Waals surface area (Å²) in [5.74, 6) is 0.843. The van der Waals surface area contributed by atoms with Gasteiger partial charge in [0.2, 0.25) is 5.91 Å². The van der Waals surface area contributed by atoms with E-state index in [4.69, 9.17) is 34.8 Å². The highest BCUT2D eigenvalue weighted by Crippen LogP contribution is 2.41. The molecule has 0 aromatic heterocycles. The van der Waals surface area contributed by atoms with Gasteiger partial charge in [-0.3, -0.25) is 4.79 Å². The number of carbonyl (C=O) groups is 1. The third kappa shape index (κ3) is 4.09. The molecule has 124 valence electrons. The smallest absolute Gasteiger partial charge is 0.247 e. The van der Waals surface area contributed by atoms with Crippen LogP contribution < -0.4 is 0 Å². The van der Waals surface area contributed by atoms with Crippen LogP contribution in [0, 0.1) is 0 Å². The van der Waals surface area contributed by atoms with E-state index in [1.165, 1.54) is 0 Å². The predicted octanol–water partition coefficient (Wildman–Crippen LogP) is 5.93. The van der Waals surface area contributed by atoms with Gasteiger partial charge in [-0.05, 0) is 35.9 Å². The lowest BCUT2D eigenvalue weighted by Gasteiger charge is -2.23. The molecule has 0 bridgehead atoms. The average molecular weight is 399 g/mol. The first kappa shape index (κ1) is 17.7. The number of amides is 1. The molecule has 0 saturated carbocycles. The SMILES string of the molecule is O=C(/C=C/c1ccc(Cl)cc1)N1CCSC1c1ccc(Cl)cc1Cl. The summed E-state index contributed by atoms with van der Waals surface area (Å²) in [6.45, 7) is 0.693. The molecule has 6 heteroatoms. The third-order valence-electron chi connectivity index (χ3n) is 3.69. The Bertz CT molecular complexity index is 776. The maximum atomic E-state index is 12.6. The second-order valence-electron chi connectivity index (χ2n) is 5.31. The van der Waals surface area contributed by atoms with Gasteiger partial charge in [-0.25, -0.2) is 0 Å². The number of benzene rings is 2. The molecule has 2 aromatic carbocycles. The van der Waals surface area contributed by atoms with E-state index in [-0.39, 0.29) is 11.3 Å². The lowest BCUT2D eigenvalue weighted by atomic mass is 10.2. The van der Waals surface area contributed by atoms with Crippen molar-refractivity contribution in [2.75, 3.05) is 12.3 Å². The van der Waals surface area contributed by atoms with Crippen molar-refractivity contribution in [2.45, 2.75) is 5.37 Å². The van der Waals surface area contributed by atoms with Gasteiger partial charge in [0.05, 0.1) is 0 Å². The van der Waals surface area contributed by atoms with Crippen LogP contribution in [-0.4, -0.2) is 23.1 Å². The zero-order chi connectivity index (χ0) is 17.1. The lowest BCUT2D eigenvalue weighted by Crippen LogP contribution is -2.28. The van der Waals surface area contributed by atoms with E-state index in [0.717, 1.165) is 16.9 Å². The number of halogens is 3. The number of carbonyl (C=O) groups excluding carboxylic acids is 1. The second-order valence-corrected chi connectivity index (χ2v) is 7.77. The van der Waals surface area contributed by atoms with Crippen molar-refractivity contribution in [1.82, 2.24) is 4.90 Å². The maximum absolute atomic E-state index is 12.6. The quantitative estimate of drug-likeness (QED) is 0.597. The molecule has 2 aromatic rings. The van der Waals surface area contributed by atoms with Crippen LogP contribution in [0.25, 0.3) is 6.08 Å². The minimum absolute atomic E-state index is 0.0361. The number of hydrogen-bond acceptors (Lipinski definition) is 2. The molecule has 1 unspecified atom stereocenters. The fourth-order valence-corrected chi connectivity index (χ4v) is 4.49. The van der Waals surface area contributed by atoms with Crippen molar-refractivity contribution < 1.29 is 4.79 Å². The summed E-state index contributed by atoms with van der Waals surface area (Å²) in [7, 11) is 0. The number of thioether (sulfide) groups is 1. The summed E-state index contributed by atoms with van der Waals surface area (Å²) in [4.78, 5) is 14.4. The van der Waals surface area contributed by atoms with Crippen LogP contribution in [0.15, 0.2) is 48.5 Å². The van der Waals surface area contributed by atoms with E-state index in [1.807, 2.05) is 23.1 Å². The summed E-state index contributed by atoms with van der Waals surface area (Å²) < 4.78 is 0. The van der Waals surface area contributed by atoms with Gasteiger partial charge in [0.1, 0.15) is 5.37 Å². The molecule has 1 atom stereocenters. The highest BCUT2D eigenvalue weighted by molar-refractivity contribution is 7.99. The molecule has 1 amide bonds. The zero-order valence-electron chi connectivity index (χ0n) is 12.6.